The van der Waals surface area contributed by atoms with E-state index in [0.717, 1.165) is 12.8 Å². The van der Waals surface area contributed by atoms with Crippen molar-refractivity contribution in [3.05, 3.63) is 35.6 Å². The summed E-state index contributed by atoms with van der Waals surface area (Å²) < 4.78 is 18.7. The van der Waals surface area contributed by atoms with Crippen molar-refractivity contribution in [2.75, 3.05) is 0 Å². The zero-order valence-corrected chi connectivity index (χ0v) is 12.0. The number of ether oxygens (including phenoxy) is 1. The van der Waals surface area contributed by atoms with E-state index in [1.807, 2.05) is 0 Å². The van der Waals surface area contributed by atoms with Crippen LogP contribution < -0.4 is 5.32 Å². The van der Waals surface area contributed by atoms with Gasteiger partial charge in [0, 0.05) is 0 Å². The van der Waals surface area contributed by atoms with Gasteiger partial charge in [0.1, 0.15) is 5.82 Å². The van der Waals surface area contributed by atoms with E-state index in [9.17, 15) is 14.0 Å². The van der Waals surface area contributed by atoms with Gasteiger partial charge in [0.25, 0.3) is 0 Å². The van der Waals surface area contributed by atoms with Crippen molar-refractivity contribution in [1.82, 2.24) is 5.32 Å². The fourth-order valence-corrected chi connectivity index (χ4v) is 3.31. The van der Waals surface area contributed by atoms with Crippen molar-refractivity contribution in [2.45, 2.75) is 43.9 Å². The Bertz CT molecular complexity index is 574. The van der Waals surface area contributed by atoms with Crippen LogP contribution in [0.25, 0.3) is 0 Å². The minimum absolute atomic E-state index is 0.0521. The Morgan fingerprint density at radius 3 is 2.59 bits per heavy atom. The van der Waals surface area contributed by atoms with Crippen molar-refractivity contribution < 1.29 is 23.8 Å². The average molecular weight is 307 g/mol. The molecule has 2 aliphatic rings. The lowest BCUT2D eigenvalue weighted by Gasteiger charge is -2.23. The molecule has 0 radical (unpaired) electrons. The average Bonchev–Trinajstić information content (AvgIpc) is 3.09. The molecule has 4 unspecified atom stereocenters. The highest BCUT2D eigenvalue weighted by Crippen LogP contribution is 2.39. The van der Waals surface area contributed by atoms with Gasteiger partial charge in [-0.2, -0.15) is 0 Å². The fraction of sp³-hybridized carbons (Fsp3) is 0.500. The van der Waals surface area contributed by atoms with Crippen molar-refractivity contribution >= 4 is 11.9 Å². The van der Waals surface area contributed by atoms with Gasteiger partial charge in [-0.25, -0.2) is 4.39 Å². The number of hydrogen-bond donors (Lipinski definition) is 2. The summed E-state index contributed by atoms with van der Waals surface area (Å²) >= 11 is 0. The van der Waals surface area contributed by atoms with E-state index >= 15 is 0 Å². The zero-order valence-electron chi connectivity index (χ0n) is 12.0. The number of rotatable bonds is 5. The van der Waals surface area contributed by atoms with Crippen molar-refractivity contribution in [2.24, 2.45) is 5.92 Å². The Labute approximate surface area is 127 Å². The first-order chi connectivity index (χ1) is 10.5. The van der Waals surface area contributed by atoms with Gasteiger partial charge >= 0.3 is 5.97 Å². The van der Waals surface area contributed by atoms with Crippen LogP contribution in [-0.2, 0) is 14.3 Å². The predicted octanol–water partition coefficient (Wildman–Crippen LogP) is 2.03. The van der Waals surface area contributed by atoms with Crippen LogP contribution in [0.1, 0.15) is 37.3 Å². The molecule has 0 saturated carbocycles. The normalized spacial score (nSPS) is 27.6. The number of carboxylic acid groups (broad SMARTS) is 1. The van der Waals surface area contributed by atoms with Gasteiger partial charge in [0.05, 0.1) is 30.6 Å². The molecule has 6 heteroatoms. The van der Waals surface area contributed by atoms with E-state index < -0.39 is 17.8 Å². The molecule has 1 aromatic rings. The summed E-state index contributed by atoms with van der Waals surface area (Å²) in [5, 5.41) is 11.8. The SMILES string of the molecule is O=C(O)CC(NC(=O)C1CC2CCC1O2)c1ccc(F)cc1. The number of aliphatic carboxylic acids is 1. The van der Waals surface area contributed by atoms with Crippen LogP contribution in [-0.4, -0.2) is 29.2 Å². The molecule has 0 aliphatic carbocycles. The highest BCUT2D eigenvalue weighted by atomic mass is 19.1. The summed E-state index contributed by atoms with van der Waals surface area (Å²) in [5.74, 6) is -1.80. The van der Waals surface area contributed by atoms with Crippen molar-refractivity contribution in [3.8, 4) is 0 Å². The molecular weight excluding hydrogens is 289 g/mol. The molecule has 0 aromatic heterocycles. The lowest BCUT2D eigenvalue weighted by atomic mass is 9.88. The molecule has 3 rings (SSSR count). The molecule has 4 atom stereocenters. The summed E-state index contributed by atoms with van der Waals surface area (Å²) in [6, 6.07) is 4.86. The minimum atomic E-state index is -1.01. The van der Waals surface area contributed by atoms with Gasteiger partial charge in [-0.1, -0.05) is 12.1 Å². The summed E-state index contributed by atoms with van der Waals surface area (Å²) in [5.41, 5.74) is 0.584. The summed E-state index contributed by atoms with van der Waals surface area (Å²) in [4.78, 5) is 23.4. The second kappa shape index (κ2) is 6.04. The number of fused-ring (bicyclic) bond motifs is 2. The molecule has 2 N–H and O–H groups in total. The highest BCUT2D eigenvalue weighted by molar-refractivity contribution is 5.81. The number of benzene rings is 1. The number of carbonyl (C=O) groups is 2. The van der Waals surface area contributed by atoms with Crippen LogP contribution in [0, 0.1) is 11.7 Å². The van der Waals surface area contributed by atoms with E-state index in [2.05, 4.69) is 5.32 Å². The van der Waals surface area contributed by atoms with Crippen molar-refractivity contribution in [1.29, 1.82) is 0 Å². The fourth-order valence-electron chi connectivity index (χ4n) is 3.31. The zero-order chi connectivity index (χ0) is 15.7. The number of halogens is 1. The number of hydrogen-bond acceptors (Lipinski definition) is 3. The molecule has 2 aliphatic heterocycles. The third-order valence-corrected chi connectivity index (χ3v) is 4.41. The smallest absolute Gasteiger partial charge is 0.305 e. The Morgan fingerprint density at radius 2 is 2.05 bits per heavy atom. The van der Waals surface area contributed by atoms with E-state index in [-0.39, 0.29) is 30.5 Å². The molecular formula is C16H18FNO4. The second-order valence-electron chi connectivity index (χ2n) is 5.93. The maximum absolute atomic E-state index is 13.0. The van der Waals surface area contributed by atoms with Gasteiger partial charge in [0.2, 0.25) is 5.91 Å². The number of carboxylic acids is 1. The van der Waals surface area contributed by atoms with Crippen LogP contribution in [0.4, 0.5) is 4.39 Å². The van der Waals surface area contributed by atoms with Gasteiger partial charge in [-0.15, -0.1) is 0 Å². The van der Waals surface area contributed by atoms with Gasteiger partial charge in [-0.05, 0) is 37.0 Å². The second-order valence-corrected chi connectivity index (χ2v) is 5.93. The monoisotopic (exact) mass is 307 g/mol. The molecule has 2 fully saturated rings. The van der Waals surface area contributed by atoms with Gasteiger partial charge in [0.15, 0.2) is 0 Å². The molecule has 22 heavy (non-hydrogen) atoms. The topological polar surface area (TPSA) is 75.6 Å². The maximum atomic E-state index is 13.0. The predicted molar refractivity (Wildman–Crippen MR) is 75.5 cm³/mol. The lowest BCUT2D eigenvalue weighted by Crippen LogP contribution is -2.38. The third-order valence-electron chi connectivity index (χ3n) is 4.41. The molecule has 5 nitrogen and oxygen atoms in total. The Kier molecular flexibility index (Phi) is 4.11. The van der Waals surface area contributed by atoms with Crippen LogP contribution in [0.5, 0.6) is 0 Å². The molecule has 118 valence electrons. The van der Waals surface area contributed by atoms with Crippen LogP contribution in [0.2, 0.25) is 0 Å². The first kappa shape index (κ1) is 15.0. The highest BCUT2D eigenvalue weighted by Gasteiger charge is 2.44. The van der Waals surface area contributed by atoms with Crippen molar-refractivity contribution in [3.63, 3.8) is 0 Å². The standard InChI is InChI=1S/C16H18FNO4/c17-10-3-1-9(2-4-10)13(8-15(19)20)18-16(21)12-7-11-5-6-14(12)22-11/h1-4,11-14H,5-8H2,(H,18,21)(H,19,20). The quantitative estimate of drug-likeness (QED) is 0.872. The van der Waals surface area contributed by atoms with Crippen LogP contribution in [0.15, 0.2) is 24.3 Å². The molecule has 0 spiro atoms. The largest absolute Gasteiger partial charge is 0.481 e. The molecule has 2 saturated heterocycles. The molecule has 1 aromatic carbocycles. The third kappa shape index (κ3) is 3.11. The van der Waals surface area contributed by atoms with Crippen LogP contribution >= 0.6 is 0 Å². The number of carbonyl (C=O) groups excluding carboxylic acids is 1. The molecule has 1 amide bonds. The lowest BCUT2D eigenvalue weighted by molar-refractivity contribution is -0.138. The molecule has 2 bridgehead atoms. The Hall–Kier alpha value is -1.95. The Morgan fingerprint density at radius 1 is 1.32 bits per heavy atom. The summed E-state index contributed by atoms with van der Waals surface area (Å²) in [7, 11) is 0. The van der Waals surface area contributed by atoms with Gasteiger partial charge in [-0.3, -0.25) is 9.59 Å². The summed E-state index contributed by atoms with van der Waals surface area (Å²) in [6.45, 7) is 0. The molecule has 2 heterocycles. The van der Waals surface area contributed by atoms with E-state index in [1.165, 1.54) is 24.3 Å². The van der Waals surface area contributed by atoms with Gasteiger partial charge < -0.3 is 15.2 Å². The van der Waals surface area contributed by atoms with E-state index in [1.54, 1.807) is 0 Å². The summed E-state index contributed by atoms with van der Waals surface area (Å²) in [6.07, 6.45) is 2.43. The van der Waals surface area contributed by atoms with E-state index in [4.69, 9.17) is 9.84 Å². The maximum Gasteiger partial charge on any atom is 0.305 e. The Balaban J connectivity index is 1.71. The minimum Gasteiger partial charge on any atom is -0.481 e. The van der Waals surface area contributed by atoms with Crippen LogP contribution in [0.3, 0.4) is 0 Å². The first-order valence-corrected chi connectivity index (χ1v) is 7.46. The number of nitrogens with one attached hydrogen (secondary N) is 1. The number of amides is 1. The first-order valence-electron chi connectivity index (χ1n) is 7.46. The van der Waals surface area contributed by atoms with E-state index in [0.29, 0.717) is 12.0 Å².